The first-order valence-corrected chi connectivity index (χ1v) is 11.3. The normalized spacial score (nSPS) is 16.0. The van der Waals surface area contributed by atoms with E-state index >= 15 is 0 Å². The molecule has 2 amide bonds. The summed E-state index contributed by atoms with van der Waals surface area (Å²) in [6, 6.07) is 17.0. The lowest BCUT2D eigenvalue weighted by molar-refractivity contribution is 0.0493. The second kappa shape index (κ2) is 11.3. The maximum atomic E-state index is 13.1. The van der Waals surface area contributed by atoms with E-state index in [-0.39, 0.29) is 5.75 Å². The molecular weight excluding hydrogens is 467 g/mol. The third-order valence-corrected chi connectivity index (χ3v) is 5.56. The smallest absolute Gasteiger partial charge is 0.433 e. The predicted molar refractivity (Wildman–Crippen MR) is 129 cm³/mol. The van der Waals surface area contributed by atoms with Crippen molar-refractivity contribution < 1.29 is 28.2 Å². The van der Waals surface area contributed by atoms with Crippen LogP contribution in [0.3, 0.4) is 0 Å². The van der Waals surface area contributed by atoms with E-state index in [0.717, 1.165) is 5.01 Å². The van der Waals surface area contributed by atoms with Crippen LogP contribution in [0.4, 0.5) is 9.18 Å². The second-order valence-electron chi connectivity index (χ2n) is 7.75. The Bertz CT molecular complexity index is 1240. The Morgan fingerprint density at radius 2 is 1.89 bits per heavy atom. The van der Waals surface area contributed by atoms with Crippen molar-refractivity contribution in [1.29, 1.82) is 0 Å². The molecule has 1 N–H and O–H groups in total. The lowest BCUT2D eigenvalue weighted by Crippen LogP contribution is -2.48. The van der Waals surface area contributed by atoms with Crippen molar-refractivity contribution in [2.75, 3.05) is 14.0 Å². The molecule has 2 atom stereocenters. The summed E-state index contributed by atoms with van der Waals surface area (Å²) in [7, 11) is 1.44. The van der Waals surface area contributed by atoms with Gasteiger partial charge in [-0.2, -0.15) is 10.1 Å². The summed E-state index contributed by atoms with van der Waals surface area (Å²) in [6.07, 6.45) is 1.17. The number of cyclic esters (lactones) is 1. The average Bonchev–Trinajstić information content (AvgIpc) is 2.93. The Balaban J connectivity index is 1.76. The van der Waals surface area contributed by atoms with Gasteiger partial charge in [0, 0.05) is 23.5 Å². The van der Waals surface area contributed by atoms with E-state index in [1.807, 2.05) is 13.0 Å². The molecule has 186 valence electrons. The highest BCUT2D eigenvalue weighted by Gasteiger charge is 2.36. The molecular formula is C26H25FN4O5. The summed E-state index contributed by atoms with van der Waals surface area (Å²) in [4.78, 5) is 30.0. The summed E-state index contributed by atoms with van der Waals surface area (Å²) in [5, 5.41) is 8.61. The van der Waals surface area contributed by atoms with E-state index in [1.165, 1.54) is 19.5 Å². The first kappa shape index (κ1) is 24.6. The average molecular weight is 493 g/mol. The number of benzene rings is 2. The molecule has 10 heteroatoms. The summed E-state index contributed by atoms with van der Waals surface area (Å²) in [5.74, 6) is 0.119. The number of ether oxygens (including phenoxy) is 3. The van der Waals surface area contributed by atoms with Gasteiger partial charge in [0.1, 0.15) is 11.8 Å². The van der Waals surface area contributed by atoms with E-state index in [9.17, 15) is 14.0 Å². The van der Waals surface area contributed by atoms with Gasteiger partial charge in [-0.05, 0) is 42.3 Å². The number of aromatic nitrogens is 1. The van der Waals surface area contributed by atoms with Gasteiger partial charge in [-0.15, -0.1) is 0 Å². The van der Waals surface area contributed by atoms with Crippen LogP contribution in [-0.4, -0.2) is 47.8 Å². The van der Waals surface area contributed by atoms with Gasteiger partial charge in [0.05, 0.1) is 7.11 Å². The molecule has 0 aliphatic carbocycles. The van der Waals surface area contributed by atoms with Gasteiger partial charge < -0.3 is 19.5 Å². The van der Waals surface area contributed by atoms with E-state index in [2.05, 4.69) is 15.4 Å². The van der Waals surface area contributed by atoms with Gasteiger partial charge in [-0.3, -0.25) is 9.78 Å². The number of carbonyl (C=O) groups excluding carboxylic acids is 2. The van der Waals surface area contributed by atoms with Crippen molar-refractivity contribution in [3.63, 3.8) is 0 Å². The van der Waals surface area contributed by atoms with Crippen molar-refractivity contribution in [1.82, 2.24) is 15.3 Å². The third-order valence-electron chi connectivity index (χ3n) is 5.56. The molecule has 3 aromatic rings. The van der Waals surface area contributed by atoms with Crippen molar-refractivity contribution in [2.45, 2.75) is 25.6 Å². The van der Waals surface area contributed by atoms with Crippen LogP contribution >= 0.6 is 0 Å². The van der Waals surface area contributed by atoms with Crippen LogP contribution in [0, 0.1) is 0 Å². The van der Waals surface area contributed by atoms with E-state index in [1.54, 1.807) is 54.6 Å². The topological polar surface area (TPSA) is 102 Å². The molecule has 1 aliphatic rings. The minimum absolute atomic E-state index is 0.230. The Hall–Kier alpha value is -4.47. The highest BCUT2D eigenvalue weighted by atomic mass is 19.1. The maximum absolute atomic E-state index is 13.1. The fraction of sp³-hybridized carbons (Fsp3) is 0.231. The van der Waals surface area contributed by atoms with Crippen molar-refractivity contribution in [2.24, 2.45) is 5.10 Å². The monoisotopic (exact) mass is 492 g/mol. The van der Waals surface area contributed by atoms with Gasteiger partial charge in [-0.25, -0.2) is 9.18 Å². The molecule has 0 saturated carbocycles. The van der Waals surface area contributed by atoms with Gasteiger partial charge in [0.25, 0.3) is 5.91 Å². The predicted octanol–water partition coefficient (Wildman–Crippen LogP) is 4.46. The number of methoxy groups -OCH3 is 1. The molecule has 9 nitrogen and oxygen atoms in total. The largest absolute Gasteiger partial charge is 0.493 e. The highest BCUT2D eigenvalue weighted by Crippen LogP contribution is 2.31. The van der Waals surface area contributed by atoms with Gasteiger partial charge in [-0.1, -0.05) is 37.3 Å². The minimum atomic E-state index is -1.00. The Morgan fingerprint density at radius 1 is 1.14 bits per heavy atom. The minimum Gasteiger partial charge on any atom is -0.493 e. The number of carbonyl (C=O) groups is 2. The third kappa shape index (κ3) is 5.27. The number of alkyl halides is 1. The van der Waals surface area contributed by atoms with Crippen molar-refractivity contribution in [3.05, 3.63) is 89.7 Å². The lowest BCUT2D eigenvalue weighted by atomic mass is 10.0. The number of pyridine rings is 1. The molecule has 1 aliphatic heterocycles. The summed E-state index contributed by atoms with van der Waals surface area (Å²) < 4.78 is 28.8. The fourth-order valence-corrected chi connectivity index (χ4v) is 3.77. The van der Waals surface area contributed by atoms with Gasteiger partial charge in [0.2, 0.25) is 6.86 Å². The molecule has 0 spiro atoms. The number of hydrazone groups is 1. The number of amides is 2. The van der Waals surface area contributed by atoms with E-state index in [4.69, 9.17) is 14.2 Å². The highest BCUT2D eigenvalue weighted by molar-refractivity contribution is 6.06. The molecule has 2 aromatic carbocycles. The van der Waals surface area contributed by atoms with Gasteiger partial charge in [0.15, 0.2) is 17.7 Å². The van der Waals surface area contributed by atoms with E-state index < -0.39 is 31.1 Å². The number of nitrogens with zero attached hydrogens (tertiary/aromatic N) is 3. The Kier molecular flexibility index (Phi) is 7.74. The van der Waals surface area contributed by atoms with Crippen LogP contribution < -0.4 is 14.8 Å². The van der Waals surface area contributed by atoms with Crippen LogP contribution in [0.1, 0.15) is 41.0 Å². The summed E-state index contributed by atoms with van der Waals surface area (Å²) >= 11 is 0. The molecule has 0 radical (unpaired) electrons. The molecule has 1 aromatic heterocycles. The zero-order valence-corrected chi connectivity index (χ0v) is 19.8. The molecule has 4 rings (SSSR count). The zero-order chi connectivity index (χ0) is 25.5. The molecule has 0 saturated heterocycles. The van der Waals surface area contributed by atoms with Crippen LogP contribution in [0.5, 0.6) is 11.5 Å². The number of nitrogens with one attached hydrogen (secondary N) is 1. The quantitative estimate of drug-likeness (QED) is 0.473. The zero-order valence-electron chi connectivity index (χ0n) is 19.8. The number of hydrogen-bond donors (Lipinski definition) is 1. The van der Waals surface area contributed by atoms with Crippen LogP contribution in [-0.2, 0) is 4.74 Å². The van der Waals surface area contributed by atoms with Crippen LogP contribution in [0.2, 0.25) is 0 Å². The molecule has 0 fully saturated rings. The SMILES string of the molecule is CCC1OC(=O)N(C(NC(=O)c2ccncc2)c2ccccc2)N=C1c1ccc(OCF)c(OC)c1. The molecule has 2 unspecified atom stereocenters. The molecule has 2 heterocycles. The Labute approximate surface area is 207 Å². The van der Waals surface area contributed by atoms with Crippen LogP contribution in [0.25, 0.3) is 0 Å². The number of rotatable bonds is 9. The Morgan fingerprint density at radius 3 is 2.56 bits per heavy atom. The molecule has 0 bridgehead atoms. The first-order chi connectivity index (χ1) is 17.5. The fourth-order valence-electron chi connectivity index (χ4n) is 3.77. The van der Waals surface area contributed by atoms with E-state index in [0.29, 0.717) is 34.6 Å². The van der Waals surface area contributed by atoms with Crippen molar-refractivity contribution >= 4 is 17.7 Å². The molecule has 36 heavy (non-hydrogen) atoms. The maximum Gasteiger partial charge on any atom is 0.433 e. The summed E-state index contributed by atoms with van der Waals surface area (Å²) in [6.45, 7) is 0.858. The van der Waals surface area contributed by atoms with Gasteiger partial charge >= 0.3 is 6.09 Å². The number of hydrogen-bond acceptors (Lipinski definition) is 7. The van der Waals surface area contributed by atoms with Crippen molar-refractivity contribution in [3.8, 4) is 11.5 Å². The number of halogens is 1. The van der Waals surface area contributed by atoms with Crippen LogP contribution in [0.15, 0.2) is 78.2 Å². The lowest BCUT2D eigenvalue weighted by Gasteiger charge is -2.34. The second-order valence-corrected chi connectivity index (χ2v) is 7.75. The summed E-state index contributed by atoms with van der Waals surface area (Å²) in [5.41, 5.74) is 2.04. The standard InChI is InChI=1S/C26H25FN4O5/c1-3-20-23(19-9-10-21(35-16-27)22(15-19)34-2)30-31(26(33)36-20)24(17-7-5-4-6-8-17)29-25(32)18-11-13-28-14-12-18/h4-15,20,24H,3,16H2,1-2H3,(H,29,32). The first-order valence-electron chi connectivity index (χ1n) is 11.3.